The zero-order chi connectivity index (χ0) is 18.9. The van der Waals surface area contributed by atoms with E-state index in [4.69, 9.17) is 4.74 Å². The van der Waals surface area contributed by atoms with Gasteiger partial charge in [-0.2, -0.15) is 8.42 Å². The fourth-order valence-corrected chi connectivity index (χ4v) is 4.17. The SMILES string of the molecule is CCCCOc1ccc2cc(S(=O)(=O)n3nnc4ccccc43)ccc2c1. The van der Waals surface area contributed by atoms with E-state index < -0.39 is 10.0 Å². The zero-order valence-corrected chi connectivity index (χ0v) is 15.7. The fourth-order valence-electron chi connectivity index (χ4n) is 2.91. The van der Waals surface area contributed by atoms with E-state index in [0.717, 1.165) is 33.5 Å². The summed E-state index contributed by atoms with van der Waals surface area (Å²) in [4.78, 5) is 0.172. The first-order valence-electron chi connectivity index (χ1n) is 8.82. The summed E-state index contributed by atoms with van der Waals surface area (Å²) in [6, 6.07) is 17.7. The summed E-state index contributed by atoms with van der Waals surface area (Å²) >= 11 is 0. The van der Waals surface area contributed by atoms with Crippen molar-refractivity contribution < 1.29 is 13.2 Å². The van der Waals surface area contributed by atoms with Crippen LogP contribution in [0.4, 0.5) is 0 Å². The number of aromatic nitrogens is 3. The van der Waals surface area contributed by atoms with Gasteiger partial charge < -0.3 is 4.74 Å². The van der Waals surface area contributed by atoms with Crippen molar-refractivity contribution in [3.05, 3.63) is 60.7 Å². The van der Waals surface area contributed by atoms with Crippen LogP contribution < -0.4 is 4.74 Å². The Labute approximate surface area is 157 Å². The van der Waals surface area contributed by atoms with Gasteiger partial charge in [0.05, 0.1) is 11.5 Å². The first kappa shape index (κ1) is 17.5. The van der Waals surface area contributed by atoms with E-state index in [-0.39, 0.29) is 4.90 Å². The van der Waals surface area contributed by atoms with Crippen molar-refractivity contribution in [2.75, 3.05) is 6.61 Å². The van der Waals surface area contributed by atoms with Gasteiger partial charge in [0.25, 0.3) is 10.0 Å². The first-order chi connectivity index (χ1) is 13.1. The minimum atomic E-state index is -3.83. The normalized spacial score (nSPS) is 11.9. The molecule has 7 heteroatoms. The smallest absolute Gasteiger partial charge is 0.284 e. The monoisotopic (exact) mass is 381 g/mol. The summed E-state index contributed by atoms with van der Waals surface area (Å²) in [7, 11) is -3.83. The lowest BCUT2D eigenvalue weighted by atomic mass is 10.1. The highest BCUT2D eigenvalue weighted by Crippen LogP contribution is 2.26. The Hall–Kier alpha value is -2.93. The van der Waals surface area contributed by atoms with E-state index in [9.17, 15) is 8.42 Å². The molecule has 0 radical (unpaired) electrons. The molecule has 0 aliphatic carbocycles. The second-order valence-electron chi connectivity index (χ2n) is 6.30. The van der Waals surface area contributed by atoms with Crippen molar-refractivity contribution in [3.8, 4) is 5.75 Å². The lowest BCUT2D eigenvalue weighted by molar-refractivity contribution is 0.310. The predicted octanol–water partition coefficient (Wildman–Crippen LogP) is 4.00. The van der Waals surface area contributed by atoms with Gasteiger partial charge in [-0.25, -0.2) is 0 Å². The van der Waals surface area contributed by atoms with Gasteiger partial charge in [-0.05, 0) is 53.6 Å². The Morgan fingerprint density at radius 1 is 1.00 bits per heavy atom. The Kier molecular flexibility index (Phi) is 4.53. The van der Waals surface area contributed by atoms with Crippen LogP contribution in [-0.2, 0) is 10.0 Å². The molecule has 0 aliphatic heterocycles. The minimum absolute atomic E-state index is 0.172. The number of para-hydroxylation sites is 1. The molecular formula is C20H19N3O3S. The van der Waals surface area contributed by atoms with Gasteiger partial charge in [0.1, 0.15) is 16.8 Å². The quantitative estimate of drug-likeness (QED) is 0.472. The molecule has 3 aromatic carbocycles. The molecule has 0 amide bonds. The molecule has 0 saturated carbocycles. The molecule has 0 atom stereocenters. The highest BCUT2D eigenvalue weighted by molar-refractivity contribution is 7.90. The van der Waals surface area contributed by atoms with Gasteiger partial charge in [-0.1, -0.05) is 42.8 Å². The zero-order valence-electron chi connectivity index (χ0n) is 14.9. The summed E-state index contributed by atoms with van der Waals surface area (Å²) in [5, 5.41) is 9.52. The molecule has 27 heavy (non-hydrogen) atoms. The second kappa shape index (κ2) is 7.00. The average Bonchev–Trinajstić information content (AvgIpc) is 3.12. The molecule has 0 N–H and O–H groups in total. The fraction of sp³-hybridized carbons (Fsp3) is 0.200. The van der Waals surface area contributed by atoms with Crippen LogP contribution >= 0.6 is 0 Å². The van der Waals surface area contributed by atoms with Gasteiger partial charge in [-0.3, -0.25) is 0 Å². The van der Waals surface area contributed by atoms with E-state index >= 15 is 0 Å². The number of fused-ring (bicyclic) bond motifs is 2. The number of rotatable bonds is 6. The largest absolute Gasteiger partial charge is 0.494 e. The van der Waals surface area contributed by atoms with Crippen LogP contribution in [0.25, 0.3) is 21.8 Å². The van der Waals surface area contributed by atoms with E-state index in [1.807, 2.05) is 18.2 Å². The minimum Gasteiger partial charge on any atom is -0.494 e. The van der Waals surface area contributed by atoms with Gasteiger partial charge in [0.2, 0.25) is 0 Å². The number of hydrogen-bond acceptors (Lipinski definition) is 5. The van der Waals surface area contributed by atoms with Gasteiger partial charge in [0.15, 0.2) is 0 Å². The molecule has 0 saturated heterocycles. The maximum Gasteiger partial charge on any atom is 0.284 e. The number of unbranched alkanes of at least 4 members (excludes halogenated alkanes) is 1. The Bertz CT molecular complexity index is 1220. The maximum atomic E-state index is 13.0. The standard InChI is InChI=1S/C20H19N3O3S/c1-2-3-12-26-17-10-8-16-14-18(11-9-15(16)13-17)27(24,25)23-20-7-5-4-6-19(20)21-22-23/h4-11,13-14H,2-3,12H2,1H3. The van der Waals surface area contributed by atoms with Crippen LogP contribution in [0.3, 0.4) is 0 Å². The molecular weight excluding hydrogens is 362 g/mol. The summed E-state index contributed by atoms with van der Waals surface area (Å²) in [6.45, 7) is 2.79. The average molecular weight is 381 g/mol. The molecule has 4 rings (SSSR count). The van der Waals surface area contributed by atoms with E-state index in [1.54, 1.807) is 42.5 Å². The molecule has 1 aromatic heterocycles. The van der Waals surface area contributed by atoms with Crippen LogP contribution in [0.15, 0.2) is 65.6 Å². The van der Waals surface area contributed by atoms with Crippen molar-refractivity contribution in [1.82, 2.24) is 14.4 Å². The number of ether oxygens (including phenoxy) is 1. The molecule has 0 fully saturated rings. The number of hydrogen-bond donors (Lipinski definition) is 0. The van der Waals surface area contributed by atoms with E-state index in [2.05, 4.69) is 17.2 Å². The van der Waals surface area contributed by atoms with Gasteiger partial charge >= 0.3 is 0 Å². The first-order valence-corrected chi connectivity index (χ1v) is 10.3. The molecule has 1 heterocycles. The Morgan fingerprint density at radius 3 is 2.63 bits per heavy atom. The van der Waals surface area contributed by atoms with Crippen molar-refractivity contribution >= 4 is 31.8 Å². The van der Waals surface area contributed by atoms with Crippen LogP contribution in [0.5, 0.6) is 5.75 Å². The third-order valence-electron chi connectivity index (χ3n) is 4.40. The predicted molar refractivity (Wildman–Crippen MR) is 104 cm³/mol. The summed E-state index contributed by atoms with van der Waals surface area (Å²) in [5.41, 5.74) is 0.994. The van der Waals surface area contributed by atoms with Crippen molar-refractivity contribution in [2.24, 2.45) is 0 Å². The van der Waals surface area contributed by atoms with Crippen LogP contribution in [0.1, 0.15) is 19.8 Å². The maximum absolute atomic E-state index is 13.0. The lowest BCUT2D eigenvalue weighted by Crippen LogP contribution is -2.14. The van der Waals surface area contributed by atoms with Gasteiger partial charge in [-0.15, -0.1) is 9.19 Å². The van der Waals surface area contributed by atoms with Crippen LogP contribution in [0, 0.1) is 0 Å². The number of benzene rings is 3. The molecule has 0 aliphatic rings. The Balaban J connectivity index is 1.72. The van der Waals surface area contributed by atoms with E-state index in [0.29, 0.717) is 17.6 Å². The molecule has 4 aromatic rings. The lowest BCUT2D eigenvalue weighted by Gasteiger charge is -2.09. The highest BCUT2D eigenvalue weighted by atomic mass is 32.2. The summed E-state index contributed by atoms with van der Waals surface area (Å²) in [5.74, 6) is 0.786. The van der Waals surface area contributed by atoms with Crippen molar-refractivity contribution in [3.63, 3.8) is 0 Å². The molecule has 138 valence electrons. The second-order valence-corrected chi connectivity index (χ2v) is 8.07. The molecule has 6 nitrogen and oxygen atoms in total. The third-order valence-corrected chi connectivity index (χ3v) is 5.97. The van der Waals surface area contributed by atoms with Crippen LogP contribution in [-0.4, -0.2) is 29.4 Å². The van der Waals surface area contributed by atoms with Crippen molar-refractivity contribution in [1.29, 1.82) is 0 Å². The number of nitrogens with zero attached hydrogens (tertiary/aromatic N) is 3. The third kappa shape index (κ3) is 3.26. The summed E-state index contributed by atoms with van der Waals surface area (Å²) in [6.07, 6.45) is 2.08. The molecule has 0 spiro atoms. The molecule has 0 bridgehead atoms. The topological polar surface area (TPSA) is 74.1 Å². The van der Waals surface area contributed by atoms with Crippen LogP contribution in [0.2, 0.25) is 0 Å². The summed E-state index contributed by atoms with van der Waals surface area (Å²) < 4.78 is 32.8. The van der Waals surface area contributed by atoms with Crippen molar-refractivity contribution in [2.45, 2.75) is 24.7 Å². The van der Waals surface area contributed by atoms with E-state index in [1.165, 1.54) is 0 Å². The van der Waals surface area contributed by atoms with Gasteiger partial charge in [0, 0.05) is 0 Å². The highest BCUT2D eigenvalue weighted by Gasteiger charge is 2.21. The Morgan fingerprint density at radius 2 is 1.78 bits per heavy atom. The molecule has 0 unspecified atom stereocenters.